The highest BCUT2D eigenvalue weighted by atomic mass is 79.9. The maximum absolute atomic E-state index is 9.58. The molecule has 82 valence electrons. The molecule has 0 aliphatic heterocycles. The molecule has 0 saturated carbocycles. The molecule has 0 aliphatic carbocycles. The van der Waals surface area contributed by atoms with Crippen LogP contribution in [0.15, 0.2) is 29.3 Å². The van der Waals surface area contributed by atoms with Crippen LogP contribution in [0.5, 0.6) is 5.75 Å². The monoisotopic (exact) mass is 270 g/mol. The van der Waals surface area contributed by atoms with Crippen molar-refractivity contribution in [3.05, 3.63) is 40.4 Å². The Morgan fingerprint density at radius 3 is 2.80 bits per heavy atom. The molecule has 0 radical (unpaired) electrons. The van der Waals surface area contributed by atoms with Crippen LogP contribution in [0, 0.1) is 6.92 Å². The maximum Gasteiger partial charge on any atom is 0.125 e. The van der Waals surface area contributed by atoms with Gasteiger partial charge in [-0.25, -0.2) is 0 Å². The Balaban J connectivity index is 2.90. The second-order valence-electron chi connectivity index (χ2n) is 3.52. The zero-order chi connectivity index (χ0) is 11.4. The van der Waals surface area contributed by atoms with Gasteiger partial charge in [-0.15, -0.1) is 0 Å². The molecule has 0 fully saturated rings. The van der Waals surface area contributed by atoms with E-state index in [0.29, 0.717) is 12.4 Å². The van der Waals surface area contributed by atoms with Gasteiger partial charge in [0.15, 0.2) is 0 Å². The Morgan fingerprint density at radius 2 is 2.27 bits per heavy atom. The molecule has 3 heteroatoms. The molecule has 0 bridgehead atoms. The van der Waals surface area contributed by atoms with Crippen LogP contribution in [0.3, 0.4) is 0 Å². The molecule has 1 atom stereocenters. The SMILES string of the molecule is C=C(Br)COc1ccc(C)cc1C(C)O. The van der Waals surface area contributed by atoms with Gasteiger partial charge in [0.05, 0.1) is 6.10 Å². The van der Waals surface area contributed by atoms with Crippen molar-refractivity contribution in [2.24, 2.45) is 0 Å². The summed E-state index contributed by atoms with van der Waals surface area (Å²) >= 11 is 3.23. The largest absolute Gasteiger partial charge is 0.488 e. The molecular formula is C12H15BrO2. The third-order valence-electron chi connectivity index (χ3n) is 2.00. The highest BCUT2D eigenvalue weighted by Crippen LogP contribution is 2.26. The van der Waals surface area contributed by atoms with Crippen LogP contribution in [-0.2, 0) is 0 Å². The summed E-state index contributed by atoms with van der Waals surface area (Å²) in [6.45, 7) is 7.81. The number of aliphatic hydroxyl groups excluding tert-OH is 1. The second kappa shape index (κ2) is 5.33. The van der Waals surface area contributed by atoms with E-state index in [1.807, 2.05) is 25.1 Å². The normalized spacial score (nSPS) is 12.3. The summed E-state index contributed by atoms with van der Waals surface area (Å²) in [6.07, 6.45) is -0.525. The Morgan fingerprint density at radius 1 is 1.60 bits per heavy atom. The molecule has 0 spiro atoms. The predicted molar refractivity (Wildman–Crippen MR) is 65.4 cm³/mol. The molecule has 2 nitrogen and oxygen atoms in total. The zero-order valence-electron chi connectivity index (χ0n) is 8.96. The highest BCUT2D eigenvalue weighted by molar-refractivity contribution is 9.11. The first kappa shape index (κ1) is 12.3. The Bertz CT molecular complexity index is 359. The van der Waals surface area contributed by atoms with Gasteiger partial charge in [0, 0.05) is 10.0 Å². The van der Waals surface area contributed by atoms with Crippen LogP contribution >= 0.6 is 15.9 Å². The van der Waals surface area contributed by atoms with Gasteiger partial charge in [0.25, 0.3) is 0 Å². The van der Waals surface area contributed by atoms with Crippen molar-refractivity contribution in [1.29, 1.82) is 0 Å². The van der Waals surface area contributed by atoms with Gasteiger partial charge in [0.2, 0.25) is 0 Å². The minimum atomic E-state index is -0.525. The first-order chi connectivity index (χ1) is 7.00. The summed E-state index contributed by atoms with van der Waals surface area (Å²) in [7, 11) is 0. The lowest BCUT2D eigenvalue weighted by atomic mass is 10.1. The van der Waals surface area contributed by atoms with Crippen LogP contribution in [0.25, 0.3) is 0 Å². The number of hydrogen-bond donors (Lipinski definition) is 1. The Labute approximate surface area is 98.7 Å². The fourth-order valence-electron chi connectivity index (χ4n) is 1.28. The van der Waals surface area contributed by atoms with Gasteiger partial charge in [0.1, 0.15) is 12.4 Å². The smallest absolute Gasteiger partial charge is 0.125 e. The quantitative estimate of drug-likeness (QED) is 0.910. The molecule has 1 N–H and O–H groups in total. The lowest BCUT2D eigenvalue weighted by Gasteiger charge is -2.13. The predicted octanol–water partition coefficient (Wildman–Crippen LogP) is 3.34. The number of ether oxygens (including phenoxy) is 1. The molecule has 0 heterocycles. The van der Waals surface area contributed by atoms with E-state index in [4.69, 9.17) is 4.74 Å². The van der Waals surface area contributed by atoms with Crippen molar-refractivity contribution in [2.75, 3.05) is 6.61 Å². The number of hydrogen-bond acceptors (Lipinski definition) is 2. The third-order valence-corrected chi connectivity index (χ3v) is 2.23. The molecule has 0 aromatic heterocycles. The van der Waals surface area contributed by atoms with E-state index in [1.54, 1.807) is 6.92 Å². The molecular weight excluding hydrogens is 256 g/mol. The first-order valence-electron chi connectivity index (χ1n) is 4.75. The van der Waals surface area contributed by atoms with Crippen LogP contribution in [0.4, 0.5) is 0 Å². The summed E-state index contributed by atoms with van der Waals surface area (Å²) in [5.41, 5.74) is 1.92. The Kier molecular flexibility index (Phi) is 4.36. The Hall–Kier alpha value is -0.800. The second-order valence-corrected chi connectivity index (χ2v) is 4.64. The average Bonchev–Trinajstić information content (AvgIpc) is 2.15. The molecule has 1 aromatic rings. The third kappa shape index (κ3) is 3.68. The fourth-order valence-corrected chi connectivity index (χ4v) is 1.40. The van der Waals surface area contributed by atoms with Gasteiger partial charge in [-0.05, 0) is 26.0 Å². The lowest BCUT2D eigenvalue weighted by molar-refractivity contribution is 0.193. The van der Waals surface area contributed by atoms with Gasteiger partial charge >= 0.3 is 0 Å². The first-order valence-corrected chi connectivity index (χ1v) is 5.54. The van der Waals surface area contributed by atoms with Crippen LogP contribution in [0.2, 0.25) is 0 Å². The van der Waals surface area contributed by atoms with Crippen molar-refractivity contribution in [3.8, 4) is 5.75 Å². The van der Waals surface area contributed by atoms with E-state index in [-0.39, 0.29) is 0 Å². The summed E-state index contributed by atoms with van der Waals surface area (Å²) in [5, 5.41) is 9.58. The van der Waals surface area contributed by atoms with Crippen molar-refractivity contribution in [3.63, 3.8) is 0 Å². The summed E-state index contributed by atoms with van der Waals surface area (Å²) in [4.78, 5) is 0. The van der Waals surface area contributed by atoms with Gasteiger partial charge < -0.3 is 9.84 Å². The number of aliphatic hydroxyl groups is 1. The molecule has 0 amide bonds. The standard InChI is InChI=1S/C12H15BrO2/c1-8-4-5-12(15-7-9(2)13)11(6-8)10(3)14/h4-6,10,14H,2,7H2,1,3H3. The van der Waals surface area contributed by atoms with Gasteiger partial charge in [-0.1, -0.05) is 34.1 Å². The van der Waals surface area contributed by atoms with E-state index in [1.165, 1.54) is 0 Å². The average molecular weight is 271 g/mol. The maximum atomic E-state index is 9.58. The van der Waals surface area contributed by atoms with E-state index >= 15 is 0 Å². The van der Waals surface area contributed by atoms with Crippen LogP contribution < -0.4 is 4.74 Å². The van der Waals surface area contributed by atoms with Gasteiger partial charge in [-0.2, -0.15) is 0 Å². The summed E-state index contributed by atoms with van der Waals surface area (Å²) < 4.78 is 6.29. The van der Waals surface area contributed by atoms with Crippen molar-refractivity contribution >= 4 is 15.9 Å². The zero-order valence-corrected chi connectivity index (χ0v) is 10.5. The van der Waals surface area contributed by atoms with Crippen LogP contribution in [-0.4, -0.2) is 11.7 Å². The number of benzene rings is 1. The molecule has 0 saturated heterocycles. The fraction of sp³-hybridized carbons (Fsp3) is 0.333. The minimum Gasteiger partial charge on any atom is -0.488 e. The molecule has 1 rings (SSSR count). The van der Waals surface area contributed by atoms with E-state index in [0.717, 1.165) is 15.6 Å². The van der Waals surface area contributed by atoms with E-state index in [9.17, 15) is 5.11 Å². The summed E-state index contributed by atoms with van der Waals surface area (Å²) in [6, 6.07) is 5.75. The number of rotatable bonds is 4. The highest BCUT2D eigenvalue weighted by Gasteiger charge is 2.09. The van der Waals surface area contributed by atoms with Crippen LogP contribution in [0.1, 0.15) is 24.2 Å². The number of halogens is 1. The topological polar surface area (TPSA) is 29.5 Å². The summed E-state index contributed by atoms with van der Waals surface area (Å²) in [5.74, 6) is 0.705. The van der Waals surface area contributed by atoms with Gasteiger partial charge in [-0.3, -0.25) is 0 Å². The van der Waals surface area contributed by atoms with E-state index < -0.39 is 6.10 Å². The molecule has 1 aromatic carbocycles. The molecule has 1 unspecified atom stereocenters. The molecule has 15 heavy (non-hydrogen) atoms. The lowest BCUT2D eigenvalue weighted by Crippen LogP contribution is -2.02. The van der Waals surface area contributed by atoms with E-state index in [2.05, 4.69) is 22.5 Å². The van der Waals surface area contributed by atoms with Crippen molar-refractivity contribution in [2.45, 2.75) is 20.0 Å². The van der Waals surface area contributed by atoms with Crippen molar-refractivity contribution in [1.82, 2.24) is 0 Å². The minimum absolute atomic E-state index is 0.406. The number of aryl methyl sites for hydroxylation is 1. The van der Waals surface area contributed by atoms with Crippen molar-refractivity contribution < 1.29 is 9.84 Å². The molecule has 0 aliphatic rings.